The first-order valence-corrected chi connectivity index (χ1v) is 7.41. The highest BCUT2D eigenvalue weighted by molar-refractivity contribution is 5.32. The SMILES string of the molecule is CC1CCCC(Nc2nccn(C(C)C)c2=O)CC1. The van der Waals surface area contributed by atoms with Crippen LogP contribution in [-0.4, -0.2) is 15.6 Å². The molecule has 1 N–H and O–H groups in total. The maximum atomic E-state index is 12.3. The zero-order valence-corrected chi connectivity index (χ0v) is 12.2. The van der Waals surface area contributed by atoms with Gasteiger partial charge in [0, 0.05) is 24.5 Å². The van der Waals surface area contributed by atoms with Crippen molar-refractivity contribution < 1.29 is 0 Å². The molecular weight excluding hydrogens is 238 g/mol. The quantitative estimate of drug-likeness (QED) is 0.852. The molecule has 0 amide bonds. The minimum atomic E-state index is -0.00482. The molecule has 1 aromatic heterocycles. The topological polar surface area (TPSA) is 46.9 Å². The van der Waals surface area contributed by atoms with Crippen LogP contribution in [0.2, 0.25) is 0 Å². The molecule has 0 aliphatic heterocycles. The van der Waals surface area contributed by atoms with Crippen LogP contribution in [0.1, 0.15) is 58.9 Å². The summed E-state index contributed by atoms with van der Waals surface area (Å²) in [5, 5.41) is 3.36. The summed E-state index contributed by atoms with van der Waals surface area (Å²) in [5.41, 5.74) is -0.00482. The summed E-state index contributed by atoms with van der Waals surface area (Å²) in [5.74, 6) is 1.32. The Labute approximate surface area is 115 Å². The molecule has 1 aliphatic rings. The Morgan fingerprint density at radius 3 is 2.84 bits per heavy atom. The summed E-state index contributed by atoms with van der Waals surface area (Å²) in [7, 11) is 0. The lowest BCUT2D eigenvalue weighted by Gasteiger charge is -2.18. The second kappa shape index (κ2) is 6.22. The first-order chi connectivity index (χ1) is 9.08. The highest BCUT2D eigenvalue weighted by Gasteiger charge is 2.18. The number of hydrogen-bond donors (Lipinski definition) is 1. The molecule has 2 atom stereocenters. The highest BCUT2D eigenvalue weighted by atomic mass is 16.1. The fourth-order valence-corrected chi connectivity index (χ4v) is 2.76. The van der Waals surface area contributed by atoms with Gasteiger partial charge in [0.1, 0.15) is 0 Å². The van der Waals surface area contributed by atoms with Crippen LogP contribution in [0.4, 0.5) is 5.82 Å². The molecule has 0 saturated heterocycles. The van der Waals surface area contributed by atoms with Crippen LogP contribution in [-0.2, 0) is 0 Å². The lowest BCUT2D eigenvalue weighted by molar-refractivity contribution is 0.501. The van der Waals surface area contributed by atoms with Crippen molar-refractivity contribution in [2.75, 3.05) is 5.32 Å². The van der Waals surface area contributed by atoms with Gasteiger partial charge < -0.3 is 9.88 Å². The monoisotopic (exact) mass is 263 g/mol. The molecule has 4 heteroatoms. The van der Waals surface area contributed by atoms with Gasteiger partial charge in [0.05, 0.1) is 0 Å². The van der Waals surface area contributed by atoms with Gasteiger partial charge in [0.15, 0.2) is 5.82 Å². The first-order valence-electron chi connectivity index (χ1n) is 7.41. The van der Waals surface area contributed by atoms with E-state index in [4.69, 9.17) is 0 Å². The van der Waals surface area contributed by atoms with Crippen molar-refractivity contribution in [3.63, 3.8) is 0 Å². The Kier molecular flexibility index (Phi) is 4.61. The lowest BCUT2D eigenvalue weighted by atomic mass is 10.0. The molecule has 106 valence electrons. The Balaban J connectivity index is 2.10. The predicted molar refractivity (Wildman–Crippen MR) is 78.5 cm³/mol. The maximum absolute atomic E-state index is 12.3. The van der Waals surface area contributed by atoms with E-state index < -0.39 is 0 Å². The van der Waals surface area contributed by atoms with Gasteiger partial charge in [0.25, 0.3) is 5.56 Å². The van der Waals surface area contributed by atoms with Crippen molar-refractivity contribution in [2.45, 2.75) is 65.0 Å². The summed E-state index contributed by atoms with van der Waals surface area (Å²) < 4.78 is 1.73. The van der Waals surface area contributed by atoms with E-state index in [-0.39, 0.29) is 11.6 Å². The number of aromatic nitrogens is 2. The molecule has 1 saturated carbocycles. The minimum Gasteiger partial charge on any atom is -0.363 e. The van der Waals surface area contributed by atoms with Crippen molar-refractivity contribution in [3.8, 4) is 0 Å². The Bertz CT molecular complexity index is 467. The summed E-state index contributed by atoms with van der Waals surface area (Å²) in [4.78, 5) is 16.5. The third-order valence-electron chi connectivity index (χ3n) is 4.02. The van der Waals surface area contributed by atoms with E-state index in [0.717, 1.165) is 18.8 Å². The summed E-state index contributed by atoms with van der Waals surface area (Å²) in [6.07, 6.45) is 9.53. The van der Waals surface area contributed by atoms with E-state index in [9.17, 15) is 4.79 Å². The van der Waals surface area contributed by atoms with Gasteiger partial charge in [-0.1, -0.05) is 19.8 Å². The molecule has 1 fully saturated rings. The van der Waals surface area contributed by atoms with Gasteiger partial charge in [-0.15, -0.1) is 0 Å². The molecule has 2 rings (SSSR count). The van der Waals surface area contributed by atoms with Gasteiger partial charge in [-0.2, -0.15) is 0 Å². The second-order valence-electron chi connectivity index (χ2n) is 6.04. The van der Waals surface area contributed by atoms with Crippen LogP contribution in [0.25, 0.3) is 0 Å². The van der Waals surface area contributed by atoms with E-state index in [1.807, 2.05) is 13.8 Å². The van der Waals surface area contributed by atoms with Crippen molar-refractivity contribution in [2.24, 2.45) is 5.92 Å². The van der Waals surface area contributed by atoms with Gasteiger partial charge in [0.2, 0.25) is 0 Å². The average Bonchev–Trinajstić information content (AvgIpc) is 2.57. The van der Waals surface area contributed by atoms with E-state index in [0.29, 0.717) is 11.9 Å². The number of nitrogens with zero attached hydrogens (tertiary/aromatic N) is 2. The summed E-state index contributed by atoms with van der Waals surface area (Å²) in [6, 6.07) is 0.568. The largest absolute Gasteiger partial charge is 0.363 e. The fraction of sp³-hybridized carbons (Fsp3) is 0.733. The molecule has 0 bridgehead atoms. The van der Waals surface area contributed by atoms with Crippen molar-refractivity contribution in [1.82, 2.24) is 9.55 Å². The lowest BCUT2D eigenvalue weighted by Crippen LogP contribution is -2.29. The normalized spacial score (nSPS) is 24.2. The number of nitrogens with one attached hydrogen (secondary N) is 1. The molecule has 1 aromatic rings. The Morgan fingerprint density at radius 2 is 2.11 bits per heavy atom. The number of rotatable bonds is 3. The molecule has 1 aliphatic carbocycles. The smallest absolute Gasteiger partial charge is 0.293 e. The summed E-state index contributed by atoms with van der Waals surface area (Å²) >= 11 is 0. The van der Waals surface area contributed by atoms with Crippen LogP contribution in [0, 0.1) is 5.92 Å². The van der Waals surface area contributed by atoms with Crippen LogP contribution < -0.4 is 10.9 Å². The Hall–Kier alpha value is -1.32. The van der Waals surface area contributed by atoms with Gasteiger partial charge in [-0.3, -0.25) is 4.79 Å². The van der Waals surface area contributed by atoms with Crippen molar-refractivity contribution in [3.05, 3.63) is 22.7 Å². The molecule has 0 aromatic carbocycles. The predicted octanol–water partition coefficient (Wildman–Crippen LogP) is 3.20. The van der Waals surface area contributed by atoms with Gasteiger partial charge in [-0.25, -0.2) is 4.98 Å². The molecule has 19 heavy (non-hydrogen) atoms. The van der Waals surface area contributed by atoms with Crippen LogP contribution in [0.15, 0.2) is 17.2 Å². The first kappa shape index (κ1) is 14.1. The maximum Gasteiger partial charge on any atom is 0.293 e. The third kappa shape index (κ3) is 3.58. The van der Waals surface area contributed by atoms with E-state index in [1.54, 1.807) is 17.0 Å². The number of anilines is 1. The fourth-order valence-electron chi connectivity index (χ4n) is 2.76. The van der Waals surface area contributed by atoms with Crippen molar-refractivity contribution in [1.29, 1.82) is 0 Å². The van der Waals surface area contributed by atoms with Crippen LogP contribution >= 0.6 is 0 Å². The molecule has 2 unspecified atom stereocenters. The minimum absolute atomic E-state index is 0.00482. The van der Waals surface area contributed by atoms with Crippen LogP contribution in [0.3, 0.4) is 0 Å². The zero-order chi connectivity index (χ0) is 13.8. The van der Waals surface area contributed by atoms with Crippen LogP contribution in [0.5, 0.6) is 0 Å². The van der Waals surface area contributed by atoms with E-state index >= 15 is 0 Å². The highest BCUT2D eigenvalue weighted by Crippen LogP contribution is 2.23. The van der Waals surface area contributed by atoms with E-state index in [2.05, 4.69) is 17.2 Å². The molecular formula is C15H25N3O. The average molecular weight is 263 g/mol. The second-order valence-corrected chi connectivity index (χ2v) is 6.04. The van der Waals surface area contributed by atoms with E-state index in [1.165, 1.54) is 19.3 Å². The standard InChI is InChI=1S/C15H25N3O/c1-11(2)18-10-9-16-14(15(18)19)17-13-6-4-5-12(3)7-8-13/h9-13H,4-8H2,1-3H3,(H,16,17). The zero-order valence-electron chi connectivity index (χ0n) is 12.2. The molecule has 1 heterocycles. The summed E-state index contributed by atoms with van der Waals surface area (Å²) in [6.45, 7) is 6.34. The Morgan fingerprint density at radius 1 is 1.32 bits per heavy atom. The molecule has 4 nitrogen and oxygen atoms in total. The third-order valence-corrected chi connectivity index (χ3v) is 4.02. The van der Waals surface area contributed by atoms with Crippen molar-refractivity contribution >= 4 is 5.82 Å². The van der Waals surface area contributed by atoms with Gasteiger partial charge in [-0.05, 0) is 39.0 Å². The number of hydrogen-bond acceptors (Lipinski definition) is 3. The molecule has 0 radical (unpaired) electrons. The molecule has 0 spiro atoms. The van der Waals surface area contributed by atoms with Gasteiger partial charge >= 0.3 is 0 Å².